The minimum absolute atomic E-state index is 0.236. The number of rotatable bonds is 3. The molecule has 0 fully saturated rings. The van der Waals surface area contributed by atoms with Crippen molar-refractivity contribution in [3.63, 3.8) is 0 Å². The molecule has 0 aromatic carbocycles. The topological polar surface area (TPSA) is 77.2 Å². The molecule has 0 aliphatic carbocycles. The zero-order valence-electron chi connectivity index (χ0n) is 9.54. The average molecular weight is 265 g/mol. The SMILES string of the molecule is CCn1c(C(F)(F)F)cc([N+](=O)[O-])c(NC)c1=O. The van der Waals surface area contributed by atoms with Gasteiger partial charge in [0.1, 0.15) is 5.69 Å². The fourth-order valence-electron chi connectivity index (χ4n) is 1.56. The maximum atomic E-state index is 12.7. The Labute approximate surface area is 99.2 Å². The molecule has 0 aliphatic heterocycles. The van der Waals surface area contributed by atoms with Crippen molar-refractivity contribution in [1.29, 1.82) is 0 Å². The van der Waals surface area contributed by atoms with E-state index < -0.39 is 33.7 Å². The van der Waals surface area contributed by atoms with Crippen LogP contribution in [-0.4, -0.2) is 16.5 Å². The molecular formula is C9H10F3N3O3. The monoisotopic (exact) mass is 265 g/mol. The third kappa shape index (κ3) is 2.29. The molecule has 0 bridgehead atoms. The molecule has 0 aliphatic rings. The predicted octanol–water partition coefficient (Wildman–Crippen LogP) is 1.84. The van der Waals surface area contributed by atoms with Crippen molar-refractivity contribution < 1.29 is 18.1 Å². The number of anilines is 1. The number of nitrogens with zero attached hydrogens (tertiary/aromatic N) is 2. The molecule has 1 aromatic heterocycles. The fourth-order valence-corrected chi connectivity index (χ4v) is 1.56. The molecule has 0 atom stereocenters. The summed E-state index contributed by atoms with van der Waals surface area (Å²) in [5.74, 6) is 0. The first-order chi connectivity index (χ1) is 8.23. The number of alkyl halides is 3. The van der Waals surface area contributed by atoms with E-state index >= 15 is 0 Å². The smallest absolute Gasteiger partial charge is 0.378 e. The summed E-state index contributed by atoms with van der Waals surface area (Å²) in [5.41, 5.74) is -3.75. The summed E-state index contributed by atoms with van der Waals surface area (Å²) in [7, 11) is 1.23. The molecule has 0 unspecified atom stereocenters. The van der Waals surface area contributed by atoms with Crippen LogP contribution in [0.5, 0.6) is 0 Å². The van der Waals surface area contributed by atoms with Gasteiger partial charge in [0, 0.05) is 19.7 Å². The predicted molar refractivity (Wildman–Crippen MR) is 57.6 cm³/mol. The van der Waals surface area contributed by atoms with E-state index in [0.29, 0.717) is 10.6 Å². The largest absolute Gasteiger partial charge is 0.431 e. The molecule has 6 nitrogen and oxygen atoms in total. The Morgan fingerprint density at radius 3 is 2.39 bits per heavy atom. The quantitative estimate of drug-likeness (QED) is 0.668. The Kier molecular flexibility index (Phi) is 3.63. The summed E-state index contributed by atoms with van der Waals surface area (Å²) in [5, 5.41) is 12.9. The van der Waals surface area contributed by atoms with Crippen molar-refractivity contribution in [2.24, 2.45) is 0 Å². The third-order valence-corrected chi connectivity index (χ3v) is 2.33. The lowest BCUT2D eigenvalue weighted by Crippen LogP contribution is -2.29. The number of nitrogens with one attached hydrogen (secondary N) is 1. The Morgan fingerprint density at radius 1 is 1.50 bits per heavy atom. The first-order valence-corrected chi connectivity index (χ1v) is 4.91. The summed E-state index contributed by atoms with van der Waals surface area (Å²) in [4.78, 5) is 21.4. The number of aromatic nitrogens is 1. The molecule has 0 amide bonds. The summed E-state index contributed by atoms with van der Waals surface area (Å²) < 4.78 is 38.5. The van der Waals surface area contributed by atoms with E-state index in [-0.39, 0.29) is 6.54 Å². The van der Waals surface area contributed by atoms with E-state index in [4.69, 9.17) is 0 Å². The standard InChI is InChI=1S/C9H10F3N3O3/c1-3-14-6(9(10,11)12)4-5(15(17)18)7(13-2)8(14)16/h4,13H,3H2,1-2H3. The molecule has 9 heteroatoms. The van der Waals surface area contributed by atoms with Crippen molar-refractivity contribution in [3.8, 4) is 0 Å². The van der Waals surface area contributed by atoms with Crippen LogP contribution in [0.3, 0.4) is 0 Å². The van der Waals surface area contributed by atoms with Crippen molar-refractivity contribution >= 4 is 11.4 Å². The van der Waals surface area contributed by atoms with Gasteiger partial charge in [0.15, 0.2) is 5.69 Å². The Hall–Kier alpha value is -2.06. The van der Waals surface area contributed by atoms with Gasteiger partial charge in [-0.1, -0.05) is 0 Å². The van der Waals surface area contributed by atoms with E-state index in [2.05, 4.69) is 5.32 Å². The minimum Gasteiger partial charge on any atom is -0.378 e. The first kappa shape index (κ1) is 14.0. The second-order valence-corrected chi connectivity index (χ2v) is 3.34. The number of nitro groups is 1. The van der Waals surface area contributed by atoms with Crippen LogP contribution in [0.2, 0.25) is 0 Å². The number of hydrogen-bond acceptors (Lipinski definition) is 4. The van der Waals surface area contributed by atoms with Gasteiger partial charge < -0.3 is 9.88 Å². The highest BCUT2D eigenvalue weighted by Crippen LogP contribution is 2.32. The van der Waals surface area contributed by atoms with Crippen molar-refractivity contribution in [1.82, 2.24) is 4.57 Å². The maximum Gasteiger partial charge on any atom is 0.431 e. The van der Waals surface area contributed by atoms with E-state index in [1.54, 1.807) is 0 Å². The summed E-state index contributed by atoms with van der Waals surface area (Å²) >= 11 is 0. The Balaban J connectivity index is 3.75. The zero-order valence-corrected chi connectivity index (χ0v) is 9.54. The molecule has 0 radical (unpaired) electrons. The molecule has 1 aromatic rings. The van der Waals surface area contributed by atoms with Crippen LogP contribution in [0.4, 0.5) is 24.5 Å². The van der Waals surface area contributed by atoms with Gasteiger partial charge in [-0.3, -0.25) is 14.9 Å². The van der Waals surface area contributed by atoms with E-state index in [0.717, 1.165) is 0 Å². The van der Waals surface area contributed by atoms with Gasteiger partial charge in [0.25, 0.3) is 11.2 Å². The van der Waals surface area contributed by atoms with Gasteiger partial charge >= 0.3 is 6.18 Å². The molecule has 0 spiro atoms. The molecule has 18 heavy (non-hydrogen) atoms. The van der Waals surface area contributed by atoms with E-state index in [9.17, 15) is 28.1 Å². The van der Waals surface area contributed by atoms with Crippen molar-refractivity contribution in [2.45, 2.75) is 19.6 Å². The normalized spacial score (nSPS) is 11.4. The lowest BCUT2D eigenvalue weighted by Gasteiger charge is -2.15. The van der Waals surface area contributed by atoms with Crippen LogP contribution in [0.25, 0.3) is 0 Å². The van der Waals surface area contributed by atoms with Crippen LogP contribution < -0.4 is 10.9 Å². The molecule has 100 valence electrons. The van der Waals surface area contributed by atoms with Crippen LogP contribution in [0, 0.1) is 10.1 Å². The number of pyridine rings is 1. The van der Waals surface area contributed by atoms with E-state index in [1.165, 1.54) is 14.0 Å². The number of halogens is 3. The summed E-state index contributed by atoms with van der Waals surface area (Å²) in [6.45, 7) is 1.11. The van der Waals surface area contributed by atoms with Gasteiger partial charge in [0.05, 0.1) is 4.92 Å². The number of hydrogen-bond donors (Lipinski definition) is 1. The zero-order chi connectivity index (χ0) is 14.1. The van der Waals surface area contributed by atoms with Crippen LogP contribution in [0.1, 0.15) is 12.6 Å². The molecular weight excluding hydrogens is 255 g/mol. The van der Waals surface area contributed by atoms with Gasteiger partial charge in [-0.15, -0.1) is 0 Å². The lowest BCUT2D eigenvalue weighted by atomic mass is 10.2. The second-order valence-electron chi connectivity index (χ2n) is 3.34. The molecule has 0 saturated carbocycles. The fraction of sp³-hybridized carbons (Fsp3) is 0.444. The van der Waals surface area contributed by atoms with Crippen LogP contribution >= 0.6 is 0 Å². The highest BCUT2D eigenvalue weighted by molar-refractivity contribution is 5.60. The third-order valence-electron chi connectivity index (χ3n) is 2.33. The summed E-state index contributed by atoms with van der Waals surface area (Å²) in [6.07, 6.45) is -4.83. The minimum atomic E-state index is -4.83. The second kappa shape index (κ2) is 4.67. The molecule has 1 heterocycles. The Morgan fingerprint density at radius 2 is 2.06 bits per heavy atom. The highest BCUT2D eigenvalue weighted by Gasteiger charge is 2.37. The summed E-state index contributed by atoms with van der Waals surface area (Å²) in [6, 6.07) is 0.358. The van der Waals surface area contributed by atoms with Gasteiger partial charge in [0.2, 0.25) is 0 Å². The van der Waals surface area contributed by atoms with Gasteiger partial charge in [-0.2, -0.15) is 13.2 Å². The maximum absolute atomic E-state index is 12.7. The molecule has 1 rings (SSSR count). The van der Waals surface area contributed by atoms with Gasteiger partial charge in [-0.05, 0) is 6.92 Å². The highest BCUT2D eigenvalue weighted by atomic mass is 19.4. The first-order valence-electron chi connectivity index (χ1n) is 4.91. The molecule has 0 saturated heterocycles. The van der Waals surface area contributed by atoms with Crippen molar-refractivity contribution in [3.05, 3.63) is 32.2 Å². The van der Waals surface area contributed by atoms with Gasteiger partial charge in [-0.25, -0.2) is 0 Å². The average Bonchev–Trinajstić information content (AvgIpc) is 2.26. The van der Waals surface area contributed by atoms with E-state index in [1.807, 2.05) is 0 Å². The van der Waals surface area contributed by atoms with Crippen LogP contribution in [0.15, 0.2) is 10.9 Å². The van der Waals surface area contributed by atoms with Crippen LogP contribution in [-0.2, 0) is 12.7 Å². The lowest BCUT2D eigenvalue weighted by molar-refractivity contribution is -0.384. The Bertz CT molecular complexity index is 536. The van der Waals surface area contributed by atoms with Crippen molar-refractivity contribution in [2.75, 3.05) is 12.4 Å². The molecule has 1 N–H and O–H groups in total.